The first-order valence-corrected chi connectivity index (χ1v) is 8.42. The number of nitrogens with zero attached hydrogens (tertiary/aromatic N) is 2. The minimum atomic E-state index is -0.617. The number of aliphatic hydroxyl groups is 1. The van der Waals surface area contributed by atoms with E-state index in [9.17, 15) is 5.11 Å². The van der Waals surface area contributed by atoms with Gasteiger partial charge in [-0.15, -0.1) is 0 Å². The molecule has 0 aromatic heterocycles. The number of hydrogen-bond acceptors (Lipinski definition) is 7. The van der Waals surface area contributed by atoms with Gasteiger partial charge in [-0.05, 0) is 38.5 Å². The fourth-order valence-electron chi connectivity index (χ4n) is 4.27. The van der Waals surface area contributed by atoms with Gasteiger partial charge in [0, 0.05) is 18.7 Å². The van der Waals surface area contributed by atoms with Gasteiger partial charge in [-0.2, -0.15) is 0 Å². The van der Waals surface area contributed by atoms with Gasteiger partial charge in [-0.3, -0.25) is 10.3 Å². The summed E-state index contributed by atoms with van der Waals surface area (Å²) in [7, 11) is 0. The minimum Gasteiger partial charge on any atom is -0.373 e. The van der Waals surface area contributed by atoms with Crippen LogP contribution in [0.3, 0.4) is 0 Å². The highest BCUT2D eigenvalue weighted by atomic mass is 16.3. The summed E-state index contributed by atoms with van der Waals surface area (Å²) in [6.07, 6.45) is 3.72. The normalized spacial score (nSPS) is 36.5. The summed E-state index contributed by atoms with van der Waals surface area (Å²) in [5.41, 5.74) is 6.25. The molecule has 7 nitrogen and oxygen atoms in total. The molecular weight excluding hydrogens is 304 g/mol. The third-order valence-corrected chi connectivity index (χ3v) is 5.30. The average molecular weight is 326 g/mol. The van der Waals surface area contributed by atoms with Crippen LogP contribution in [0.15, 0.2) is 51.2 Å². The molecule has 0 bridgehead atoms. The van der Waals surface area contributed by atoms with E-state index in [1.807, 2.05) is 6.92 Å². The Hall–Kier alpha value is -2.09. The van der Waals surface area contributed by atoms with Crippen molar-refractivity contribution in [2.75, 3.05) is 13.1 Å². The van der Waals surface area contributed by atoms with Crippen molar-refractivity contribution in [1.29, 1.82) is 0 Å². The van der Waals surface area contributed by atoms with Crippen molar-refractivity contribution in [1.82, 2.24) is 26.2 Å². The molecule has 0 aromatic rings. The number of nitrogens with one attached hydrogen (secondary N) is 4. The summed E-state index contributed by atoms with van der Waals surface area (Å²) in [4.78, 5) is 6.84. The highest BCUT2D eigenvalue weighted by Gasteiger charge is 2.53. The van der Waals surface area contributed by atoms with Gasteiger partial charge in [-0.1, -0.05) is 0 Å². The highest BCUT2D eigenvalue weighted by molar-refractivity contribution is 6.05. The third kappa shape index (κ3) is 1.74. The smallest absolute Gasteiger partial charge is 0.148 e. The molecule has 3 unspecified atom stereocenters. The second kappa shape index (κ2) is 4.50. The monoisotopic (exact) mass is 326 g/mol. The van der Waals surface area contributed by atoms with Crippen LogP contribution in [0, 0.1) is 0 Å². The van der Waals surface area contributed by atoms with E-state index in [0.717, 1.165) is 47.3 Å². The second-order valence-corrected chi connectivity index (χ2v) is 7.16. The molecule has 5 N–H and O–H groups in total. The summed E-state index contributed by atoms with van der Waals surface area (Å²) in [6.45, 7) is 7.84. The molecular formula is C17H22N6O. The summed E-state index contributed by atoms with van der Waals surface area (Å²) >= 11 is 0. The number of hydrogen-bond donors (Lipinski definition) is 5. The van der Waals surface area contributed by atoms with Gasteiger partial charge < -0.3 is 26.0 Å². The summed E-state index contributed by atoms with van der Waals surface area (Å²) < 4.78 is 0. The summed E-state index contributed by atoms with van der Waals surface area (Å²) in [6, 6.07) is 0. The zero-order valence-corrected chi connectivity index (χ0v) is 14.1. The molecule has 7 heteroatoms. The molecule has 5 aliphatic heterocycles. The van der Waals surface area contributed by atoms with Crippen LogP contribution in [-0.2, 0) is 0 Å². The van der Waals surface area contributed by atoms with Gasteiger partial charge >= 0.3 is 0 Å². The van der Waals surface area contributed by atoms with Gasteiger partial charge in [0.1, 0.15) is 23.9 Å². The molecule has 0 aromatic carbocycles. The van der Waals surface area contributed by atoms with Crippen molar-refractivity contribution in [3.05, 3.63) is 46.2 Å². The molecule has 126 valence electrons. The predicted molar refractivity (Wildman–Crippen MR) is 91.3 cm³/mol. The van der Waals surface area contributed by atoms with Gasteiger partial charge in [0.25, 0.3) is 0 Å². The molecule has 5 rings (SSSR count). The van der Waals surface area contributed by atoms with Gasteiger partial charge in [0.05, 0.1) is 22.8 Å². The Morgan fingerprint density at radius 2 is 2.25 bits per heavy atom. The SMILES string of the molecule is CC1=C2C(O)NC3(C)C=C(C(NC4=C5CNCC5=NC(C)N4)=C1)N23. The molecule has 0 aliphatic carbocycles. The van der Waals surface area contributed by atoms with Crippen LogP contribution in [0.1, 0.15) is 20.8 Å². The number of rotatable bonds is 2. The van der Waals surface area contributed by atoms with Crippen molar-refractivity contribution in [2.45, 2.75) is 38.8 Å². The quantitative estimate of drug-likeness (QED) is 0.483. The lowest BCUT2D eigenvalue weighted by Crippen LogP contribution is -2.56. The molecule has 0 spiro atoms. The first-order valence-electron chi connectivity index (χ1n) is 8.42. The summed E-state index contributed by atoms with van der Waals surface area (Å²) in [5, 5.41) is 23.9. The third-order valence-electron chi connectivity index (χ3n) is 5.30. The molecule has 5 heterocycles. The van der Waals surface area contributed by atoms with Crippen LogP contribution < -0.4 is 21.3 Å². The van der Waals surface area contributed by atoms with E-state index in [2.05, 4.69) is 57.2 Å². The van der Waals surface area contributed by atoms with E-state index in [0.29, 0.717) is 0 Å². The van der Waals surface area contributed by atoms with Gasteiger partial charge in [0.2, 0.25) is 0 Å². The number of allylic oxidation sites excluding steroid dienone is 2. The Kier molecular flexibility index (Phi) is 2.68. The molecule has 5 aliphatic rings. The maximum Gasteiger partial charge on any atom is 0.148 e. The number of fused-ring (bicyclic) bond motifs is 1. The van der Waals surface area contributed by atoms with Gasteiger partial charge in [0.15, 0.2) is 0 Å². The van der Waals surface area contributed by atoms with Crippen LogP contribution in [0.2, 0.25) is 0 Å². The van der Waals surface area contributed by atoms with Gasteiger partial charge in [-0.25, -0.2) is 0 Å². The molecule has 2 saturated heterocycles. The minimum absolute atomic E-state index is 0.0680. The lowest BCUT2D eigenvalue weighted by Gasteiger charge is -2.47. The fraction of sp³-hybridized carbons (Fsp3) is 0.471. The van der Waals surface area contributed by atoms with E-state index in [1.165, 1.54) is 5.57 Å². The van der Waals surface area contributed by atoms with E-state index in [1.54, 1.807) is 0 Å². The highest BCUT2D eigenvalue weighted by Crippen LogP contribution is 2.47. The van der Waals surface area contributed by atoms with E-state index >= 15 is 0 Å². The molecule has 2 fully saturated rings. The maximum absolute atomic E-state index is 10.3. The fourth-order valence-corrected chi connectivity index (χ4v) is 4.27. The zero-order valence-electron chi connectivity index (χ0n) is 14.1. The Morgan fingerprint density at radius 1 is 1.42 bits per heavy atom. The largest absolute Gasteiger partial charge is 0.373 e. The predicted octanol–water partition coefficient (Wildman–Crippen LogP) is -0.210. The first-order chi connectivity index (χ1) is 11.5. The zero-order chi connectivity index (χ0) is 16.6. The van der Waals surface area contributed by atoms with Crippen LogP contribution in [0.4, 0.5) is 0 Å². The Balaban J connectivity index is 1.53. The second-order valence-electron chi connectivity index (χ2n) is 7.16. The topological polar surface area (TPSA) is 84.0 Å². The van der Waals surface area contributed by atoms with Crippen LogP contribution >= 0.6 is 0 Å². The lowest BCUT2D eigenvalue weighted by molar-refractivity contribution is 0.164. The van der Waals surface area contributed by atoms with Crippen molar-refractivity contribution >= 4 is 5.71 Å². The molecule has 0 radical (unpaired) electrons. The lowest BCUT2D eigenvalue weighted by atomic mass is 9.93. The van der Waals surface area contributed by atoms with Crippen LogP contribution in [0.25, 0.3) is 0 Å². The molecule has 3 atom stereocenters. The molecule has 24 heavy (non-hydrogen) atoms. The molecule has 0 saturated carbocycles. The van der Waals surface area contributed by atoms with E-state index in [4.69, 9.17) is 0 Å². The van der Waals surface area contributed by atoms with E-state index < -0.39 is 6.23 Å². The Labute approximate surface area is 140 Å². The van der Waals surface area contributed by atoms with Crippen molar-refractivity contribution < 1.29 is 5.11 Å². The van der Waals surface area contributed by atoms with Crippen molar-refractivity contribution in [2.24, 2.45) is 4.99 Å². The summed E-state index contributed by atoms with van der Waals surface area (Å²) in [5.74, 6) is 1.03. The van der Waals surface area contributed by atoms with Crippen molar-refractivity contribution in [3.8, 4) is 0 Å². The van der Waals surface area contributed by atoms with Crippen LogP contribution in [0.5, 0.6) is 0 Å². The Bertz CT molecular complexity index is 804. The number of aliphatic hydroxyl groups excluding tert-OH is 1. The average Bonchev–Trinajstić information content (AvgIpc) is 3.04. The van der Waals surface area contributed by atoms with E-state index in [-0.39, 0.29) is 11.8 Å². The Morgan fingerprint density at radius 3 is 3.08 bits per heavy atom. The maximum atomic E-state index is 10.3. The van der Waals surface area contributed by atoms with Crippen LogP contribution in [-0.4, -0.2) is 46.9 Å². The first kappa shape index (κ1) is 14.3. The molecule has 0 amide bonds. The standard InChI is InChI=1S/C17H22N6O/c1-8-4-11(13-5-17(3)22-16(24)14(8)23(13)17)21-15-10-6-18-7-12(10)19-9(2)20-15/h4-5,9,16,18,20-22,24H,6-7H2,1-3H3. The van der Waals surface area contributed by atoms with Crippen molar-refractivity contribution in [3.63, 3.8) is 0 Å². The number of aliphatic imine (C=N–C) groups is 1.